The van der Waals surface area contributed by atoms with Gasteiger partial charge < -0.3 is 16.4 Å². The van der Waals surface area contributed by atoms with Crippen LogP contribution in [0.25, 0.3) is 0 Å². The summed E-state index contributed by atoms with van der Waals surface area (Å²) in [6.45, 7) is 0. The number of rotatable bonds is 0. The minimum absolute atomic E-state index is 0. The predicted octanol–water partition coefficient (Wildman–Crippen LogP) is -2.48. The van der Waals surface area contributed by atoms with Gasteiger partial charge in [-0.05, 0) is 0 Å². The molecule has 41 valence electrons. The van der Waals surface area contributed by atoms with Crippen LogP contribution in [0.4, 0.5) is 0 Å². The van der Waals surface area contributed by atoms with Crippen LogP contribution in [0.2, 0.25) is 0 Å². The van der Waals surface area contributed by atoms with Gasteiger partial charge in [-0.3, -0.25) is 0 Å². The molecule has 6 N–H and O–H groups in total. The van der Waals surface area contributed by atoms with Crippen molar-refractivity contribution >= 4 is 0 Å². The van der Waals surface area contributed by atoms with Crippen molar-refractivity contribution in [2.24, 2.45) is 0 Å². The molecule has 0 saturated heterocycles. The molecule has 0 atom stereocenters. The van der Waals surface area contributed by atoms with Gasteiger partial charge in [0, 0.05) is 141 Å². The maximum absolute atomic E-state index is 0. The van der Waals surface area contributed by atoms with Crippen LogP contribution in [0.1, 0.15) is 0 Å². The molecule has 0 unspecified atom stereocenters. The molecule has 0 aliphatic heterocycles. The van der Waals surface area contributed by atoms with E-state index in [0.29, 0.717) is 0 Å². The molecule has 3 radical (unpaired) electrons. The second-order valence-corrected chi connectivity index (χ2v) is 0. The Labute approximate surface area is 153 Å². The van der Waals surface area contributed by atoms with Crippen LogP contribution in [0.3, 0.4) is 0 Å². The first-order chi connectivity index (χ1) is 0. The van der Waals surface area contributed by atoms with Gasteiger partial charge in [-0.2, -0.15) is 0 Å². The third kappa shape index (κ3) is 37.0. The Morgan fingerprint density at radius 1 is 0.571 bits per heavy atom. The quantitative estimate of drug-likeness (QED) is 0.334. The van der Waals surface area contributed by atoms with Crippen molar-refractivity contribution in [3.63, 3.8) is 0 Å². The smallest absolute Gasteiger partial charge is 0 e. The summed E-state index contributed by atoms with van der Waals surface area (Å²) in [6.07, 6.45) is 0. The topological polar surface area (TPSA) is 94.5 Å². The van der Waals surface area contributed by atoms with Crippen molar-refractivity contribution in [2.45, 2.75) is 0 Å². The predicted molar refractivity (Wildman–Crippen MR) is 10.8 cm³/mol. The molecule has 0 fully saturated rings. The van der Waals surface area contributed by atoms with Gasteiger partial charge in [0.2, 0.25) is 0 Å². The largest absolute Gasteiger partial charge is 0.412 e. The standard InChI is InChI=1S/Gd.La.3H2O.2Y/h;;3*1H2;;. The maximum atomic E-state index is 0. The summed E-state index contributed by atoms with van der Waals surface area (Å²) >= 11 is 0. The summed E-state index contributed by atoms with van der Waals surface area (Å²) in [6, 6.07) is 0. The van der Waals surface area contributed by atoms with E-state index in [2.05, 4.69) is 0 Å². The maximum Gasteiger partial charge on any atom is 0 e. The number of hydrogen-bond donors (Lipinski definition) is 0. The first kappa shape index (κ1) is 61.5. The molecule has 3 nitrogen and oxygen atoms in total. The van der Waals surface area contributed by atoms with E-state index in [1.54, 1.807) is 0 Å². The Morgan fingerprint density at radius 3 is 0.571 bits per heavy atom. The van der Waals surface area contributed by atoms with Gasteiger partial charge in [0.05, 0.1) is 0 Å². The Morgan fingerprint density at radius 2 is 0.571 bits per heavy atom. The van der Waals surface area contributed by atoms with E-state index in [1.807, 2.05) is 0 Å². The summed E-state index contributed by atoms with van der Waals surface area (Å²) in [5.41, 5.74) is 0. The molecule has 0 aliphatic carbocycles. The van der Waals surface area contributed by atoms with Crippen LogP contribution in [0, 0.1) is 75.5 Å². The Balaban J connectivity index is 0. The first-order valence-corrected chi connectivity index (χ1v) is 0. The molecule has 7 heteroatoms. The fourth-order valence-electron chi connectivity index (χ4n) is 0. The van der Waals surface area contributed by atoms with Gasteiger partial charge in [-0.1, -0.05) is 0 Å². The van der Waals surface area contributed by atoms with Crippen LogP contribution in [-0.4, -0.2) is 16.4 Å². The minimum Gasteiger partial charge on any atom is -0.412 e. The van der Waals surface area contributed by atoms with E-state index < -0.39 is 0 Å². The summed E-state index contributed by atoms with van der Waals surface area (Å²) < 4.78 is 0. The Hall–Kier alpha value is 4.61. The molecular weight excluding hydrogens is 522 g/mol. The number of hydrogen-bond acceptors (Lipinski definition) is 0. The minimum atomic E-state index is 0. The molecule has 0 rings (SSSR count). The third-order valence-corrected chi connectivity index (χ3v) is 0. The van der Waals surface area contributed by atoms with Crippen molar-refractivity contribution in [2.75, 3.05) is 0 Å². The zero-order valence-electron chi connectivity index (χ0n) is 3.59. The van der Waals surface area contributed by atoms with E-state index in [4.69, 9.17) is 0 Å². The average Bonchev–Trinajstić information content (AvgIpc) is 0. The van der Waals surface area contributed by atoms with Gasteiger partial charge in [-0.25, -0.2) is 0 Å². The van der Waals surface area contributed by atoms with E-state index in [0.717, 1.165) is 0 Å². The van der Waals surface area contributed by atoms with E-state index in [1.165, 1.54) is 0 Å². The van der Waals surface area contributed by atoms with Crippen LogP contribution in [0.5, 0.6) is 0 Å². The molecule has 0 bridgehead atoms. The van der Waals surface area contributed by atoms with Crippen molar-refractivity contribution in [1.82, 2.24) is 0 Å². The first-order valence-electron chi connectivity index (χ1n) is 0. The van der Waals surface area contributed by atoms with E-state index >= 15 is 0 Å². The zero-order chi connectivity index (χ0) is 0. The van der Waals surface area contributed by atoms with Crippen LogP contribution < -0.4 is 0 Å². The van der Waals surface area contributed by atoms with Gasteiger partial charge in [0.25, 0.3) is 0 Å². The SMILES string of the molecule is O.O.O.[Gd].[La].[Y].[Y]. The Bertz CT molecular complexity index is 12.9. The molecule has 0 amide bonds. The molecular formula is H6GdLaO3Y2. The summed E-state index contributed by atoms with van der Waals surface area (Å²) in [5, 5.41) is 0. The summed E-state index contributed by atoms with van der Waals surface area (Å²) in [7, 11) is 0. The van der Waals surface area contributed by atoms with Crippen LogP contribution in [-0.2, 0) is 65.4 Å². The molecule has 0 heterocycles. The van der Waals surface area contributed by atoms with E-state index in [-0.39, 0.29) is 157 Å². The van der Waals surface area contributed by atoms with Gasteiger partial charge in [0.15, 0.2) is 0 Å². The van der Waals surface area contributed by atoms with Crippen molar-refractivity contribution < 1.29 is 157 Å². The van der Waals surface area contributed by atoms with Gasteiger partial charge in [-0.15, -0.1) is 0 Å². The molecule has 0 aromatic heterocycles. The van der Waals surface area contributed by atoms with Crippen LogP contribution >= 0.6 is 0 Å². The molecule has 0 aliphatic rings. The molecule has 0 spiro atoms. The second kappa shape index (κ2) is 46.1. The van der Waals surface area contributed by atoms with Crippen molar-refractivity contribution in [3.05, 3.63) is 0 Å². The van der Waals surface area contributed by atoms with Crippen molar-refractivity contribution in [1.29, 1.82) is 0 Å². The third-order valence-electron chi connectivity index (χ3n) is 0. The Kier molecular flexibility index (Phi) is 405. The monoisotopic (exact) mass is 529 g/mol. The van der Waals surface area contributed by atoms with E-state index in [9.17, 15) is 0 Å². The summed E-state index contributed by atoms with van der Waals surface area (Å²) in [5.74, 6) is 0. The second-order valence-electron chi connectivity index (χ2n) is 0. The molecule has 0 aromatic carbocycles. The summed E-state index contributed by atoms with van der Waals surface area (Å²) in [4.78, 5) is 0. The fraction of sp³-hybridized carbons (Fsp3) is 0. The van der Waals surface area contributed by atoms with Gasteiger partial charge in [0.1, 0.15) is 0 Å². The van der Waals surface area contributed by atoms with Gasteiger partial charge >= 0.3 is 0 Å². The molecule has 7 heavy (non-hydrogen) atoms. The average molecular weight is 528 g/mol. The normalized spacial score (nSPS) is 0. The fourth-order valence-corrected chi connectivity index (χ4v) is 0. The zero-order valence-corrected chi connectivity index (χ0v) is 15.2. The van der Waals surface area contributed by atoms with Crippen LogP contribution in [0.15, 0.2) is 0 Å². The molecule has 0 aromatic rings. The van der Waals surface area contributed by atoms with Crippen molar-refractivity contribution in [3.8, 4) is 0 Å². The molecule has 0 saturated carbocycles.